The highest BCUT2D eigenvalue weighted by Crippen LogP contribution is 2.38. The van der Waals surface area contributed by atoms with E-state index in [1.807, 2.05) is 36.4 Å². The summed E-state index contributed by atoms with van der Waals surface area (Å²) >= 11 is 0. The molecule has 1 heterocycles. The number of benzene rings is 2. The fourth-order valence-corrected chi connectivity index (χ4v) is 3.45. The van der Waals surface area contributed by atoms with Gasteiger partial charge in [-0.3, -0.25) is 4.79 Å². The van der Waals surface area contributed by atoms with Gasteiger partial charge < -0.3 is 15.4 Å². The van der Waals surface area contributed by atoms with Crippen molar-refractivity contribution in [3.8, 4) is 0 Å². The van der Waals surface area contributed by atoms with E-state index in [1.165, 1.54) is 7.11 Å². The molecule has 0 aromatic heterocycles. The number of carbonyl (C=O) groups excluding carboxylic acids is 2. The highest BCUT2D eigenvalue weighted by Gasteiger charge is 2.32. The fourth-order valence-electron chi connectivity index (χ4n) is 3.45. The number of rotatable bonds is 4. The molecule has 3 rings (SSSR count). The van der Waals surface area contributed by atoms with Gasteiger partial charge in [0.1, 0.15) is 0 Å². The number of carbonyl (C=O) groups is 2. The zero-order valence-electron chi connectivity index (χ0n) is 14.4. The van der Waals surface area contributed by atoms with Crippen LogP contribution in [0, 0.1) is 0 Å². The lowest BCUT2D eigenvalue weighted by atomic mass is 9.85. The number of anilines is 1. The third kappa shape index (κ3) is 3.36. The second-order valence-electron chi connectivity index (χ2n) is 6.41. The zero-order chi connectivity index (χ0) is 18.0. The number of ether oxygens (including phenoxy) is 1. The second-order valence-corrected chi connectivity index (χ2v) is 6.41. The molecular formula is C20H22N2O3. The molecule has 0 saturated carbocycles. The van der Waals surface area contributed by atoms with Gasteiger partial charge in [0, 0.05) is 18.3 Å². The van der Waals surface area contributed by atoms with Gasteiger partial charge in [0.2, 0.25) is 5.91 Å². The summed E-state index contributed by atoms with van der Waals surface area (Å²) < 4.78 is 4.73. The number of nitrogens with zero attached hydrogens (tertiary/aromatic N) is 1. The molecule has 0 radical (unpaired) electrons. The summed E-state index contributed by atoms with van der Waals surface area (Å²) in [4.78, 5) is 25.7. The standard InChI is InChI=1S/C20H22N2O3/c1-13-11-17(19(21)23)16-5-3-4-6-18(16)22(13)12-14-7-9-15(10-8-14)20(24)25-2/h3-10,13,17H,11-12H2,1-2H3,(H2,21,23)/t13-,17+/m1/s1. The molecule has 0 saturated heterocycles. The molecule has 0 fully saturated rings. The van der Waals surface area contributed by atoms with Gasteiger partial charge in [-0.15, -0.1) is 0 Å². The van der Waals surface area contributed by atoms with Crippen LogP contribution in [0.3, 0.4) is 0 Å². The molecule has 1 aliphatic heterocycles. The molecule has 2 aromatic rings. The maximum absolute atomic E-state index is 11.8. The van der Waals surface area contributed by atoms with Crippen molar-refractivity contribution in [2.45, 2.75) is 31.8 Å². The fraction of sp³-hybridized carbons (Fsp3) is 0.300. The molecule has 5 nitrogen and oxygen atoms in total. The quantitative estimate of drug-likeness (QED) is 0.870. The van der Waals surface area contributed by atoms with Crippen LogP contribution in [-0.4, -0.2) is 25.0 Å². The van der Waals surface area contributed by atoms with Crippen molar-refractivity contribution < 1.29 is 14.3 Å². The van der Waals surface area contributed by atoms with Crippen molar-refractivity contribution in [1.29, 1.82) is 0 Å². The molecule has 5 heteroatoms. The Balaban J connectivity index is 1.88. The Hall–Kier alpha value is -2.82. The predicted octanol–water partition coefficient (Wildman–Crippen LogP) is 2.84. The number of methoxy groups -OCH3 is 1. The minimum atomic E-state index is -0.340. The Labute approximate surface area is 147 Å². The number of amides is 1. The normalized spacial score (nSPS) is 19.2. The molecule has 0 unspecified atom stereocenters. The highest BCUT2D eigenvalue weighted by atomic mass is 16.5. The van der Waals surface area contributed by atoms with Crippen molar-refractivity contribution in [3.05, 3.63) is 65.2 Å². The smallest absolute Gasteiger partial charge is 0.337 e. The third-order valence-electron chi connectivity index (χ3n) is 4.80. The monoisotopic (exact) mass is 338 g/mol. The van der Waals surface area contributed by atoms with E-state index in [1.54, 1.807) is 12.1 Å². The molecule has 2 atom stereocenters. The van der Waals surface area contributed by atoms with Gasteiger partial charge in [-0.05, 0) is 42.7 Å². The van der Waals surface area contributed by atoms with E-state index >= 15 is 0 Å². The SMILES string of the molecule is COC(=O)c1ccc(CN2c3ccccc3[C@@H](C(N)=O)C[C@H]2C)cc1. The average molecular weight is 338 g/mol. The largest absolute Gasteiger partial charge is 0.465 e. The van der Waals surface area contributed by atoms with Gasteiger partial charge in [-0.2, -0.15) is 0 Å². The number of para-hydroxylation sites is 1. The summed E-state index contributed by atoms with van der Waals surface area (Å²) in [5, 5.41) is 0. The molecule has 0 aliphatic carbocycles. The van der Waals surface area contributed by atoms with Crippen LogP contribution in [0.4, 0.5) is 5.69 Å². The molecule has 0 spiro atoms. The molecule has 130 valence electrons. The van der Waals surface area contributed by atoms with Crippen LogP contribution in [0.2, 0.25) is 0 Å². The minimum absolute atomic E-state index is 0.188. The van der Waals surface area contributed by atoms with Crippen LogP contribution in [0.25, 0.3) is 0 Å². The van der Waals surface area contributed by atoms with Gasteiger partial charge >= 0.3 is 5.97 Å². The average Bonchev–Trinajstić information content (AvgIpc) is 2.63. The minimum Gasteiger partial charge on any atom is -0.465 e. The van der Waals surface area contributed by atoms with E-state index in [9.17, 15) is 9.59 Å². The Morgan fingerprint density at radius 3 is 2.48 bits per heavy atom. The number of fused-ring (bicyclic) bond motifs is 1. The molecular weight excluding hydrogens is 316 g/mol. The van der Waals surface area contributed by atoms with Crippen molar-refractivity contribution >= 4 is 17.6 Å². The van der Waals surface area contributed by atoms with Crippen LogP contribution in [0.5, 0.6) is 0 Å². The van der Waals surface area contributed by atoms with Crippen LogP contribution in [-0.2, 0) is 16.1 Å². The van der Waals surface area contributed by atoms with Gasteiger partial charge in [0.15, 0.2) is 0 Å². The predicted molar refractivity (Wildman–Crippen MR) is 96.4 cm³/mol. The summed E-state index contributed by atoms with van der Waals surface area (Å²) in [6.07, 6.45) is 0.701. The first-order valence-corrected chi connectivity index (χ1v) is 8.33. The number of esters is 1. The first-order chi connectivity index (χ1) is 12.0. The summed E-state index contributed by atoms with van der Waals surface area (Å²) in [7, 11) is 1.37. The lowest BCUT2D eigenvalue weighted by Gasteiger charge is -2.40. The maximum atomic E-state index is 11.8. The highest BCUT2D eigenvalue weighted by molar-refractivity contribution is 5.89. The number of nitrogens with two attached hydrogens (primary N) is 1. The topological polar surface area (TPSA) is 72.6 Å². The van der Waals surface area contributed by atoms with Crippen LogP contribution in [0.15, 0.2) is 48.5 Å². The molecule has 25 heavy (non-hydrogen) atoms. The Morgan fingerprint density at radius 2 is 1.84 bits per heavy atom. The number of hydrogen-bond donors (Lipinski definition) is 1. The maximum Gasteiger partial charge on any atom is 0.337 e. The van der Waals surface area contributed by atoms with Crippen LogP contribution >= 0.6 is 0 Å². The van der Waals surface area contributed by atoms with E-state index in [0.717, 1.165) is 16.8 Å². The lowest BCUT2D eigenvalue weighted by Crippen LogP contribution is -2.41. The van der Waals surface area contributed by atoms with E-state index in [0.29, 0.717) is 18.5 Å². The summed E-state index contributed by atoms with van der Waals surface area (Å²) in [5.41, 5.74) is 9.25. The Morgan fingerprint density at radius 1 is 1.16 bits per heavy atom. The summed E-state index contributed by atoms with van der Waals surface area (Å²) in [6.45, 7) is 2.81. The first kappa shape index (κ1) is 17.0. The van der Waals surface area contributed by atoms with Crippen molar-refractivity contribution in [1.82, 2.24) is 0 Å². The van der Waals surface area contributed by atoms with Crippen molar-refractivity contribution in [2.24, 2.45) is 5.73 Å². The van der Waals surface area contributed by atoms with E-state index < -0.39 is 0 Å². The molecule has 1 aliphatic rings. The van der Waals surface area contributed by atoms with Crippen molar-refractivity contribution in [2.75, 3.05) is 12.0 Å². The van der Waals surface area contributed by atoms with Gasteiger partial charge in [-0.25, -0.2) is 4.79 Å². The number of hydrogen-bond acceptors (Lipinski definition) is 4. The lowest BCUT2D eigenvalue weighted by molar-refractivity contribution is -0.119. The van der Waals surface area contributed by atoms with Gasteiger partial charge in [-0.1, -0.05) is 30.3 Å². The number of primary amides is 1. The Bertz CT molecular complexity index is 786. The molecule has 1 amide bonds. The zero-order valence-corrected chi connectivity index (χ0v) is 14.4. The van der Waals surface area contributed by atoms with Gasteiger partial charge in [0.05, 0.1) is 18.6 Å². The first-order valence-electron chi connectivity index (χ1n) is 8.33. The molecule has 2 aromatic carbocycles. The second kappa shape index (κ2) is 6.97. The summed E-state index contributed by atoms with van der Waals surface area (Å²) in [6, 6.07) is 15.5. The third-order valence-corrected chi connectivity index (χ3v) is 4.80. The van der Waals surface area contributed by atoms with Crippen LogP contribution < -0.4 is 10.6 Å². The van der Waals surface area contributed by atoms with Gasteiger partial charge in [0.25, 0.3) is 0 Å². The van der Waals surface area contributed by atoms with E-state index in [-0.39, 0.29) is 23.8 Å². The molecule has 0 bridgehead atoms. The molecule has 2 N–H and O–H groups in total. The van der Waals surface area contributed by atoms with Crippen molar-refractivity contribution in [3.63, 3.8) is 0 Å². The Kier molecular flexibility index (Phi) is 4.74. The van der Waals surface area contributed by atoms with Crippen LogP contribution in [0.1, 0.15) is 40.7 Å². The van der Waals surface area contributed by atoms with E-state index in [2.05, 4.69) is 11.8 Å². The summed E-state index contributed by atoms with van der Waals surface area (Å²) in [5.74, 6) is -0.863. The van der Waals surface area contributed by atoms with E-state index in [4.69, 9.17) is 10.5 Å².